The predicted octanol–water partition coefficient (Wildman–Crippen LogP) is 2.01. The van der Waals surface area contributed by atoms with Crippen molar-refractivity contribution in [1.29, 1.82) is 0 Å². The van der Waals surface area contributed by atoms with Crippen LogP contribution >= 0.6 is 11.6 Å². The molecule has 1 aliphatic carbocycles. The second kappa shape index (κ2) is 6.78. The molecule has 2 rings (SSSR count). The van der Waals surface area contributed by atoms with Crippen molar-refractivity contribution in [2.75, 3.05) is 27.3 Å². The van der Waals surface area contributed by atoms with Crippen molar-refractivity contribution >= 4 is 17.6 Å². The summed E-state index contributed by atoms with van der Waals surface area (Å²) in [5, 5.41) is 7.42. The summed E-state index contributed by atoms with van der Waals surface area (Å²) in [6.45, 7) is 1.42. The van der Waals surface area contributed by atoms with Gasteiger partial charge in [0.25, 0.3) is 0 Å². The normalized spacial score (nSPS) is 22.2. The Kier molecular flexibility index (Phi) is 5.05. The predicted molar refractivity (Wildman–Crippen MR) is 79.0 cm³/mol. The van der Waals surface area contributed by atoms with Gasteiger partial charge in [-0.05, 0) is 24.1 Å². The SMILES string of the molecule is CN=C(NCCOC)NC1CC1c1cccc(Cl)c1. The lowest BCUT2D eigenvalue weighted by Gasteiger charge is -2.11. The number of aliphatic imine (C=N–C) groups is 1. The minimum atomic E-state index is 0.437. The van der Waals surface area contributed by atoms with E-state index in [2.05, 4.69) is 21.7 Å². The summed E-state index contributed by atoms with van der Waals surface area (Å²) in [6, 6.07) is 8.50. The lowest BCUT2D eigenvalue weighted by atomic mass is 10.1. The molecule has 2 unspecified atom stereocenters. The van der Waals surface area contributed by atoms with E-state index in [1.807, 2.05) is 18.2 Å². The number of guanidine groups is 1. The van der Waals surface area contributed by atoms with E-state index in [1.54, 1.807) is 14.2 Å². The van der Waals surface area contributed by atoms with E-state index < -0.39 is 0 Å². The van der Waals surface area contributed by atoms with Crippen LogP contribution < -0.4 is 10.6 Å². The quantitative estimate of drug-likeness (QED) is 0.493. The monoisotopic (exact) mass is 281 g/mol. The Morgan fingerprint density at radius 1 is 1.53 bits per heavy atom. The summed E-state index contributed by atoms with van der Waals surface area (Å²) >= 11 is 6.01. The van der Waals surface area contributed by atoms with Crippen molar-refractivity contribution in [1.82, 2.24) is 10.6 Å². The fraction of sp³-hybridized carbons (Fsp3) is 0.500. The van der Waals surface area contributed by atoms with Crippen LogP contribution in [-0.2, 0) is 4.74 Å². The maximum Gasteiger partial charge on any atom is 0.191 e. The summed E-state index contributed by atoms with van der Waals surface area (Å²) in [7, 11) is 3.47. The number of hydrogen-bond donors (Lipinski definition) is 2. The Hall–Kier alpha value is -1.26. The van der Waals surface area contributed by atoms with Crippen molar-refractivity contribution < 1.29 is 4.74 Å². The molecule has 4 nitrogen and oxygen atoms in total. The summed E-state index contributed by atoms with van der Waals surface area (Å²) in [4.78, 5) is 4.20. The zero-order valence-corrected chi connectivity index (χ0v) is 12.1. The molecule has 1 aromatic carbocycles. The van der Waals surface area contributed by atoms with Crippen molar-refractivity contribution in [2.24, 2.45) is 4.99 Å². The molecule has 0 spiro atoms. The average Bonchev–Trinajstić information content (AvgIpc) is 3.17. The van der Waals surface area contributed by atoms with Gasteiger partial charge in [0.1, 0.15) is 0 Å². The van der Waals surface area contributed by atoms with Crippen molar-refractivity contribution in [3.05, 3.63) is 34.9 Å². The first kappa shape index (κ1) is 14.2. The lowest BCUT2D eigenvalue weighted by Crippen LogP contribution is -2.40. The molecule has 0 saturated heterocycles. The number of ether oxygens (including phenoxy) is 1. The average molecular weight is 282 g/mol. The van der Waals surface area contributed by atoms with Crippen LogP contribution in [0.2, 0.25) is 5.02 Å². The van der Waals surface area contributed by atoms with Crippen LogP contribution in [0.5, 0.6) is 0 Å². The fourth-order valence-electron chi connectivity index (χ4n) is 2.10. The number of halogens is 1. The topological polar surface area (TPSA) is 45.7 Å². The van der Waals surface area contributed by atoms with Crippen LogP contribution in [0.3, 0.4) is 0 Å². The Morgan fingerprint density at radius 2 is 2.37 bits per heavy atom. The number of hydrogen-bond acceptors (Lipinski definition) is 2. The first-order chi connectivity index (χ1) is 9.24. The van der Waals surface area contributed by atoms with E-state index in [0.717, 1.165) is 23.9 Å². The van der Waals surface area contributed by atoms with Gasteiger partial charge < -0.3 is 15.4 Å². The van der Waals surface area contributed by atoms with Crippen LogP contribution in [0.15, 0.2) is 29.3 Å². The second-order valence-electron chi connectivity index (χ2n) is 4.64. The van der Waals surface area contributed by atoms with Gasteiger partial charge in [-0.25, -0.2) is 0 Å². The van der Waals surface area contributed by atoms with Gasteiger partial charge in [0.05, 0.1) is 6.61 Å². The van der Waals surface area contributed by atoms with Gasteiger partial charge >= 0.3 is 0 Å². The summed E-state index contributed by atoms with van der Waals surface area (Å²) in [5.41, 5.74) is 1.29. The van der Waals surface area contributed by atoms with Crippen molar-refractivity contribution in [2.45, 2.75) is 18.4 Å². The fourth-order valence-corrected chi connectivity index (χ4v) is 2.30. The first-order valence-corrected chi connectivity index (χ1v) is 6.84. The highest BCUT2D eigenvalue weighted by Gasteiger charge is 2.39. The third-order valence-electron chi connectivity index (χ3n) is 3.21. The van der Waals surface area contributed by atoms with Gasteiger partial charge in [0, 0.05) is 37.7 Å². The Labute approximate surface area is 119 Å². The Balaban J connectivity index is 1.82. The third-order valence-corrected chi connectivity index (χ3v) is 3.45. The van der Waals surface area contributed by atoms with E-state index in [0.29, 0.717) is 18.6 Å². The maximum absolute atomic E-state index is 6.01. The highest BCUT2D eigenvalue weighted by molar-refractivity contribution is 6.30. The number of benzene rings is 1. The zero-order chi connectivity index (χ0) is 13.7. The van der Waals surface area contributed by atoms with Crippen LogP contribution in [0, 0.1) is 0 Å². The highest BCUT2D eigenvalue weighted by atomic mass is 35.5. The summed E-state index contributed by atoms with van der Waals surface area (Å²) in [5.74, 6) is 1.35. The standard InChI is InChI=1S/C14H20ClN3O/c1-16-14(17-6-7-19-2)18-13-9-12(13)10-4-3-5-11(15)8-10/h3-5,8,12-13H,6-7,9H2,1-2H3,(H2,16,17,18). The number of rotatable bonds is 5. The van der Waals surface area contributed by atoms with E-state index >= 15 is 0 Å². The first-order valence-electron chi connectivity index (χ1n) is 6.46. The molecule has 0 radical (unpaired) electrons. The smallest absolute Gasteiger partial charge is 0.191 e. The minimum Gasteiger partial charge on any atom is -0.383 e. The molecule has 2 atom stereocenters. The molecule has 104 valence electrons. The molecule has 1 aliphatic rings. The lowest BCUT2D eigenvalue weighted by molar-refractivity contribution is 0.203. The molecule has 0 bridgehead atoms. The Morgan fingerprint density at radius 3 is 3.05 bits per heavy atom. The highest BCUT2D eigenvalue weighted by Crippen LogP contribution is 2.41. The molecule has 0 aliphatic heterocycles. The van der Waals surface area contributed by atoms with Crippen molar-refractivity contribution in [3.8, 4) is 0 Å². The van der Waals surface area contributed by atoms with E-state index in [-0.39, 0.29) is 0 Å². The number of methoxy groups -OCH3 is 1. The van der Waals surface area contributed by atoms with Crippen LogP contribution in [0.4, 0.5) is 0 Å². The van der Waals surface area contributed by atoms with Gasteiger partial charge in [0.2, 0.25) is 0 Å². The zero-order valence-electron chi connectivity index (χ0n) is 11.3. The van der Waals surface area contributed by atoms with E-state index in [4.69, 9.17) is 16.3 Å². The molecule has 19 heavy (non-hydrogen) atoms. The number of nitrogens with zero attached hydrogens (tertiary/aromatic N) is 1. The third kappa shape index (κ3) is 4.11. The molecule has 1 saturated carbocycles. The van der Waals surface area contributed by atoms with E-state index in [9.17, 15) is 0 Å². The molecule has 0 amide bonds. The maximum atomic E-state index is 6.01. The van der Waals surface area contributed by atoms with Crippen LogP contribution in [0.1, 0.15) is 17.9 Å². The molecular weight excluding hydrogens is 262 g/mol. The van der Waals surface area contributed by atoms with Gasteiger partial charge in [0.15, 0.2) is 5.96 Å². The molecular formula is C14H20ClN3O. The van der Waals surface area contributed by atoms with E-state index in [1.165, 1.54) is 5.56 Å². The van der Waals surface area contributed by atoms with Gasteiger partial charge in [-0.15, -0.1) is 0 Å². The van der Waals surface area contributed by atoms with Crippen LogP contribution in [0.25, 0.3) is 0 Å². The molecule has 1 aromatic rings. The molecule has 0 heterocycles. The van der Waals surface area contributed by atoms with Crippen LogP contribution in [-0.4, -0.2) is 39.3 Å². The Bertz CT molecular complexity index is 450. The molecule has 0 aromatic heterocycles. The molecule has 1 fully saturated rings. The van der Waals surface area contributed by atoms with Gasteiger partial charge in [-0.1, -0.05) is 23.7 Å². The van der Waals surface area contributed by atoms with Gasteiger partial charge in [-0.2, -0.15) is 0 Å². The summed E-state index contributed by atoms with van der Waals surface area (Å²) < 4.78 is 5.00. The largest absolute Gasteiger partial charge is 0.383 e. The molecule has 5 heteroatoms. The minimum absolute atomic E-state index is 0.437. The number of nitrogens with one attached hydrogen (secondary N) is 2. The van der Waals surface area contributed by atoms with Gasteiger partial charge in [-0.3, -0.25) is 4.99 Å². The molecule has 2 N–H and O–H groups in total. The second-order valence-corrected chi connectivity index (χ2v) is 5.08. The van der Waals surface area contributed by atoms with Crippen molar-refractivity contribution in [3.63, 3.8) is 0 Å². The summed E-state index contributed by atoms with van der Waals surface area (Å²) in [6.07, 6.45) is 1.12.